The number of piperidine rings is 1. The van der Waals surface area contributed by atoms with Crippen molar-refractivity contribution in [3.05, 3.63) is 35.9 Å². The van der Waals surface area contributed by atoms with Crippen LogP contribution in [0, 0.1) is 17.8 Å². The number of ether oxygens (including phenoxy) is 2. The van der Waals surface area contributed by atoms with Crippen LogP contribution in [0.4, 0.5) is 4.79 Å². The SMILES string of the molecule is CCOC(=O)[C@@H]1C[C@H]2C[C@@H](Cn3nnc(SCC(=O)c4ccccc4)n3)CC[C@H]2CN1C(=O)OC. The van der Waals surface area contributed by atoms with Crippen LogP contribution in [0.5, 0.6) is 0 Å². The van der Waals surface area contributed by atoms with E-state index in [9.17, 15) is 14.4 Å². The van der Waals surface area contributed by atoms with Gasteiger partial charge in [0.05, 0.1) is 26.0 Å². The third-order valence-corrected chi connectivity index (χ3v) is 7.66. The highest BCUT2D eigenvalue weighted by atomic mass is 32.2. The topological polar surface area (TPSA) is 117 Å². The lowest BCUT2D eigenvalue weighted by Gasteiger charge is -2.46. The molecular weight excluding hydrogens is 470 g/mol. The lowest BCUT2D eigenvalue weighted by molar-refractivity contribution is -0.152. The molecule has 0 spiro atoms. The lowest BCUT2D eigenvalue weighted by Crippen LogP contribution is -2.55. The number of rotatable bonds is 8. The maximum Gasteiger partial charge on any atom is 0.410 e. The van der Waals surface area contributed by atoms with E-state index in [-0.39, 0.29) is 24.1 Å². The summed E-state index contributed by atoms with van der Waals surface area (Å²) in [5.41, 5.74) is 0.670. The first-order chi connectivity index (χ1) is 17.0. The van der Waals surface area contributed by atoms with Crippen LogP contribution in [0.25, 0.3) is 0 Å². The number of nitrogens with zero attached hydrogens (tertiary/aromatic N) is 5. The number of thioether (sulfide) groups is 1. The minimum absolute atomic E-state index is 0.0275. The number of likely N-dealkylation sites (tertiary alicyclic amines) is 1. The molecule has 188 valence electrons. The van der Waals surface area contributed by atoms with Crippen LogP contribution in [0.3, 0.4) is 0 Å². The Hall–Kier alpha value is -2.95. The molecule has 0 unspecified atom stereocenters. The molecule has 1 aromatic carbocycles. The quantitative estimate of drug-likeness (QED) is 0.305. The van der Waals surface area contributed by atoms with Gasteiger partial charge in [0, 0.05) is 12.1 Å². The number of methoxy groups -OCH3 is 1. The first-order valence-electron chi connectivity index (χ1n) is 12.0. The molecule has 2 aromatic rings. The Balaban J connectivity index is 1.32. The van der Waals surface area contributed by atoms with E-state index >= 15 is 0 Å². The Morgan fingerprint density at radius 2 is 1.91 bits per heavy atom. The number of ketones is 1. The minimum Gasteiger partial charge on any atom is -0.464 e. The van der Waals surface area contributed by atoms with E-state index in [1.165, 1.54) is 23.8 Å². The van der Waals surface area contributed by atoms with Crippen molar-refractivity contribution in [3.63, 3.8) is 0 Å². The molecule has 1 amide bonds. The smallest absolute Gasteiger partial charge is 0.410 e. The van der Waals surface area contributed by atoms with E-state index < -0.39 is 12.1 Å². The Labute approximate surface area is 208 Å². The fraction of sp³-hybridized carbons (Fsp3) is 0.583. The van der Waals surface area contributed by atoms with Crippen molar-refractivity contribution in [3.8, 4) is 0 Å². The monoisotopic (exact) mass is 501 g/mol. The van der Waals surface area contributed by atoms with E-state index in [4.69, 9.17) is 9.47 Å². The number of carbonyl (C=O) groups excluding carboxylic acids is 3. The van der Waals surface area contributed by atoms with Gasteiger partial charge in [-0.25, -0.2) is 9.59 Å². The fourth-order valence-corrected chi connectivity index (χ4v) is 5.80. The highest BCUT2D eigenvalue weighted by molar-refractivity contribution is 7.99. The van der Waals surface area contributed by atoms with Gasteiger partial charge in [0.15, 0.2) is 5.78 Å². The Morgan fingerprint density at radius 3 is 2.66 bits per heavy atom. The average molecular weight is 502 g/mol. The van der Waals surface area contributed by atoms with E-state index in [1.807, 2.05) is 18.2 Å². The summed E-state index contributed by atoms with van der Waals surface area (Å²) in [4.78, 5) is 40.3. The molecule has 0 radical (unpaired) electrons. The van der Waals surface area contributed by atoms with Crippen LogP contribution in [-0.4, -0.2) is 75.0 Å². The van der Waals surface area contributed by atoms with Crippen LogP contribution in [0.15, 0.2) is 35.5 Å². The van der Waals surface area contributed by atoms with Gasteiger partial charge in [-0.15, -0.1) is 10.2 Å². The Bertz CT molecular complexity index is 1030. The third kappa shape index (κ3) is 6.19. The molecule has 1 saturated heterocycles. The first-order valence-corrected chi connectivity index (χ1v) is 13.0. The standard InChI is InChI=1S/C24H31N5O5S/c1-3-34-22(31)20-12-19-11-16(9-10-18(19)14-28(20)24(32)33-2)13-29-26-23(25-27-29)35-15-21(30)17-7-5-4-6-8-17/h4-8,16,18-20H,3,9-15H2,1-2H3/t16-,18-,19+,20-/m0/s1. The highest BCUT2D eigenvalue weighted by Gasteiger charge is 2.44. The molecule has 11 heteroatoms. The van der Waals surface area contributed by atoms with Gasteiger partial charge in [-0.05, 0) is 55.6 Å². The molecule has 0 bridgehead atoms. The number of hydrogen-bond donors (Lipinski definition) is 0. The number of tetrazole rings is 1. The summed E-state index contributed by atoms with van der Waals surface area (Å²) >= 11 is 1.28. The number of benzene rings is 1. The summed E-state index contributed by atoms with van der Waals surface area (Å²) in [5.74, 6) is 0.902. The highest BCUT2D eigenvalue weighted by Crippen LogP contribution is 2.42. The van der Waals surface area contributed by atoms with Gasteiger partial charge in [-0.1, -0.05) is 42.1 Å². The molecule has 4 rings (SSSR count). The van der Waals surface area contributed by atoms with Crippen molar-refractivity contribution in [1.82, 2.24) is 25.1 Å². The van der Waals surface area contributed by atoms with Crippen LogP contribution < -0.4 is 0 Å². The second-order valence-electron chi connectivity index (χ2n) is 9.03. The summed E-state index contributed by atoms with van der Waals surface area (Å²) in [6.45, 7) is 3.17. The number of aromatic nitrogens is 4. The van der Waals surface area contributed by atoms with Gasteiger partial charge in [-0.3, -0.25) is 9.69 Å². The molecule has 1 aliphatic heterocycles. The molecule has 1 saturated carbocycles. The number of carbonyl (C=O) groups is 3. The summed E-state index contributed by atoms with van der Waals surface area (Å²) in [6, 6.07) is 8.55. The van der Waals surface area contributed by atoms with Crippen LogP contribution in [0.1, 0.15) is 43.0 Å². The Kier molecular flexibility index (Phi) is 8.37. The molecule has 1 aromatic heterocycles. The maximum atomic E-state index is 12.5. The molecular formula is C24H31N5O5S. The first kappa shape index (κ1) is 25.2. The molecule has 2 aliphatic rings. The second-order valence-corrected chi connectivity index (χ2v) is 9.97. The summed E-state index contributed by atoms with van der Waals surface area (Å²) in [7, 11) is 1.34. The van der Waals surface area contributed by atoms with Gasteiger partial charge in [0.1, 0.15) is 6.04 Å². The van der Waals surface area contributed by atoms with E-state index in [0.29, 0.717) is 48.0 Å². The lowest BCUT2D eigenvalue weighted by atomic mass is 9.69. The van der Waals surface area contributed by atoms with Gasteiger partial charge in [-0.2, -0.15) is 4.80 Å². The molecule has 2 fully saturated rings. The summed E-state index contributed by atoms with van der Waals surface area (Å²) in [6.07, 6.45) is 2.96. The molecule has 2 heterocycles. The Morgan fingerprint density at radius 1 is 1.11 bits per heavy atom. The minimum atomic E-state index is -0.614. The molecule has 10 nitrogen and oxygen atoms in total. The molecule has 4 atom stereocenters. The van der Waals surface area contributed by atoms with Gasteiger partial charge >= 0.3 is 12.1 Å². The largest absolute Gasteiger partial charge is 0.464 e. The van der Waals surface area contributed by atoms with Crippen molar-refractivity contribution in [2.75, 3.05) is 26.0 Å². The van der Waals surface area contributed by atoms with Crippen molar-refractivity contribution < 1.29 is 23.9 Å². The van der Waals surface area contributed by atoms with Gasteiger partial charge < -0.3 is 9.47 Å². The van der Waals surface area contributed by atoms with Crippen molar-refractivity contribution in [2.24, 2.45) is 17.8 Å². The number of amides is 1. The van der Waals surface area contributed by atoms with Gasteiger partial charge in [0.25, 0.3) is 0 Å². The summed E-state index contributed by atoms with van der Waals surface area (Å²) in [5, 5.41) is 13.2. The van der Waals surface area contributed by atoms with Crippen LogP contribution in [0.2, 0.25) is 0 Å². The van der Waals surface area contributed by atoms with Crippen LogP contribution in [-0.2, 0) is 20.8 Å². The predicted octanol–water partition coefficient (Wildman–Crippen LogP) is 3.08. The fourth-order valence-electron chi connectivity index (χ4n) is 5.13. The van der Waals surface area contributed by atoms with Gasteiger partial charge in [0.2, 0.25) is 5.16 Å². The van der Waals surface area contributed by atoms with Crippen molar-refractivity contribution >= 4 is 29.6 Å². The van der Waals surface area contributed by atoms with Crippen molar-refractivity contribution in [2.45, 2.75) is 50.4 Å². The number of hydrogen-bond acceptors (Lipinski definition) is 9. The van der Waals surface area contributed by atoms with Crippen molar-refractivity contribution in [1.29, 1.82) is 0 Å². The second kappa shape index (κ2) is 11.7. The number of Topliss-reactive ketones (excluding diaryl/α,β-unsaturated/α-hetero) is 1. The molecule has 35 heavy (non-hydrogen) atoms. The number of esters is 1. The normalized spacial score (nSPS) is 23.9. The zero-order valence-electron chi connectivity index (χ0n) is 20.0. The predicted molar refractivity (Wildman–Crippen MR) is 128 cm³/mol. The van der Waals surface area contributed by atoms with E-state index in [0.717, 1.165) is 19.3 Å². The van der Waals surface area contributed by atoms with E-state index in [2.05, 4.69) is 15.4 Å². The molecule has 0 N–H and O–H groups in total. The zero-order chi connectivity index (χ0) is 24.8. The summed E-state index contributed by atoms with van der Waals surface area (Å²) < 4.78 is 10.2. The van der Waals surface area contributed by atoms with E-state index in [1.54, 1.807) is 23.9 Å². The average Bonchev–Trinajstić information content (AvgIpc) is 3.33. The van der Waals surface area contributed by atoms with Crippen LogP contribution >= 0.6 is 11.8 Å². The number of fused-ring (bicyclic) bond motifs is 1. The third-order valence-electron chi connectivity index (χ3n) is 6.83. The molecule has 1 aliphatic carbocycles. The zero-order valence-corrected chi connectivity index (χ0v) is 20.9. The maximum absolute atomic E-state index is 12.5.